The first-order valence-corrected chi connectivity index (χ1v) is 15.1. The molecule has 5 fully saturated rings. The highest BCUT2D eigenvalue weighted by atomic mass is 19.3. The molecule has 2 unspecified atom stereocenters. The molecule has 1 saturated carbocycles. The highest BCUT2D eigenvalue weighted by molar-refractivity contribution is 6.07. The minimum atomic E-state index is -2.75. The molecule has 9 heteroatoms. The number of carbonyl (C=O) groups excluding carboxylic acids is 3. The fraction of sp³-hybridized carbons (Fsp3) is 0.710. The van der Waals surface area contributed by atoms with Crippen LogP contribution in [0.4, 0.5) is 13.6 Å². The summed E-state index contributed by atoms with van der Waals surface area (Å²) in [4.78, 5) is 47.4. The zero-order valence-electron chi connectivity index (χ0n) is 23.9. The quantitative estimate of drug-likeness (QED) is 0.456. The molecule has 4 atom stereocenters. The molecular formula is C31H42F2N4O3. The number of amides is 4. The number of carbonyl (C=O) groups is 3. The van der Waals surface area contributed by atoms with Gasteiger partial charge in [0.1, 0.15) is 5.54 Å². The van der Waals surface area contributed by atoms with Crippen LogP contribution in [-0.2, 0) is 9.59 Å². The summed E-state index contributed by atoms with van der Waals surface area (Å²) >= 11 is 0. The van der Waals surface area contributed by atoms with Gasteiger partial charge in [0.05, 0.1) is 6.54 Å². The summed E-state index contributed by atoms with van der Waals surface area (Å²) in [5, 5.41) is 0. The third-order valence-electron chi connectivity index (χ3n) is 10.7. The molecule has 1 aromatic rings. The summed E-state index contributed by atoms with van der Waals surface area (Å²) in [6, 6.07) is 9.85. The van der Waals surface area contributed by atoms with Crippen LogP contribution in [0.2, 0.25) is 0 Å². The number of alkyl halides is 2. The Bertz CT molecular complexity index is 1140. The van der Waals surface area contributed by atoms with Crippen molar-refractivity contribution in [2.75, 3.05) is 26.2 Å². The molecule has 0 radical (unpaired) electrons. The van der Waals surface area contributed by atoms with E-state index in [2.05, 4.69) is 41.0 Å². The van der Waals surface area contributed by atoms with Crippen LogP contribution in [0.1, 0.15) is 77.2 Å². The van der Waals surface area contributed by atoms with Crippen LogP contribution in [-0.4, -0.2) is 93.7 Å². The van der Waals surface area contributed by atoms with Gasteiger partial charge in [0, 0.05) is 49.1 Å². The monoisotopic (exact) mass is 556 g/mol. The standard InChI is InChI=1S/C31H42F2N4O3/c1-20(2)37-29(40)36(19-26(32)33)28(39)31(37)14-23-10-11-24(15-31)35(23)17-22-16-34(27(38)30(3)12-7-13-30)18-25(22)21-8-5-4-6-9-21/h4-6,8-9,20,22-26H,7,10-19H2,1-3H3/t22-,23?,24?,25-,31?/m1/s1. The first-order valence-electron chi connectivity index (χ1n) is 15.1. The first-order chi connectivity index (χ1) is 19.0. The lowest BCUT2D eigenvalue weighted by Crippen LogP contribution is -2.62. The molecule has 1 aromatic carbocycles. The molecule has 4 saturated heterocycles. The van der Waals surface area contributed by atoms with Crippen LogP contribution in [0.3, 0.4) is 0 Å². The lowest BCUT2D eigenvalue weighted by molar-refractivity contribution is -0.145. The van der Waals surface area contributed by atoms with E-state index in [1.807, 2.05) is 19.9 Å². The van der Waals surface area contributed by atoms with Crippen LogP contribution in [0.25, 0.3) is 0 Å². The smallest absolute Gasteiger partial charge is 0.328 e. The number of hydrogen-bond acceptors (Lipinski definition) is 4. The Morgan fingerprint density at radius 1 is 1.02 bits per heavy atom. The molecule has 0 N–H and O–H groups in total. The van der Waals surface area contributed by atoms with E-state index in [9.17, 15) is 23.2 Å². The molecule has 6 rings (SSSR count). The fourth-order valence-electron chi connectivity index (χ4n) is 8.63. The van der Waals surface area contributed by atoms with E-state index in [1.54, 1.807) is 4.90 Å². The maximum absolute atomic E-state index is 13.7. The lowest BCUT2D eigenvalue weighted by Gasteiger charge is -2.48. The minimum Gasteiger partial charge on any atom is -0.341 e. The van der Waals surface area contributed by atoms with Gasteiger partial charge in [0.15, 0.2) is 0 Å². The van der Waals surface area contributed by atoms with Gasteiger partial charge < -0.3 is 9.80 Å². The van der Waals surface area contributed by atoms with Gasteiger partial charge in [-0.3, -0.25) is 19.4 Å². The fourth-order valence-corrected chi connectivity index (χ4v) is 8.63. The Morgan fingerprint density at radius 2 is 1.68 bits per heavy atom. The summed E-state index contributed by atoms with van der Waals surface area (Å²) in [7, 11) is 0. The van der Waals surface area contributed by atoms with Crippen LogP contribution in [0.15, 0.2) is 30.3 Å². The van der Waals surface area contributed by atoms with Gasteiger partial charge in [-0.15, -0.1) is 0 Å². The predicted molar refractivity (Wildman–Crippen MR) is 147 cm³/mol. The number of halogens is 2. The number of hydrogen-bond donors (Lipinski definition) is 0. The Balaban J connectivity index is 1.24. The second kappa shape index (κ2) is 10.1. The van der Waals surface area contributed by atoms with Gasteiger partial charge in [0.2, 0.25) is 5.91 Å². The number of likely N-dealkylation sites (tertiary alicyclic amines) is 1. The van der Waals surface area contributed by atoms with Gasteiger partial charge in [-0.1, -0.05) is 43.7 Å². The maximum Gasteiger partial charge on any atom is 0.328 e. The lowest BCUT2D eigenvalue weighted by atomic mass is 9.69. The molecule has 40 heavy (non-hydrogen) atoms. The van der Waals surface area contributed by atoms with E-state index in [1.165, 1.54) is 5.56 Å². The average molecular weight is 557 g/mol. The van der Waals surface area contributed by atoms with E-state index >= 15 is 0 Å². The number of benzene rings is 1. The molecule has 5 aliphatic rings. The number of rotatable bonds is 7. The third kappa shape index (κ3) is 4.34. The zero-order chi connectivity index (χ0) is 28.4. The Kier molecular flexibility index (Phi) is 6.95. The predicted octanol–water partition coefficient (Wildman–Crippen LogP) is 4.72. The molecule has 218 valence electrons. The maximum atomic E-state index is 13.7. The number of fused-ring (bicyclic) bond motifs is 2. The van der Waals surface area contributed by atoms with E-state index in [0.29, 0.717) is 12.8 Å². The van der Waals surface area contributed by atoms with Crippen molar-refractivity contribution in [3.8, 4) is 0 Å². The topological polar surface area (TPSA) is 64.2 Å². The van der Waals surface area contributed by atoms with Crippen LogP contribution >= 0.6 is 0 Å². The average Bonchev–Trinajstić information content (AvgIpc) is 3.48. The van der Waals surface area contributed by atoms with Gasteiger partial charge in [-0.2, -0.15) is 0 Å². The van der Waals surface area contributed by atoms with E-state index in [4.69, 9.17) is 0 Å². The van der Waals surface area contributed by atoms with Crippen LogP contribution in [0, 0.1) is 11.3 Å². The highest BCUT2D eigenvalue weighted by Crippen LogP contribution is 2.50. The third-order valence-corrected chi connectivity index (χ3v) is 10.7. The summed E-state index contributed by atoms with van der Waals surface area (Å²) in [5.41, 5.74) is -0.0166. The minimum absolute atomic E-state index is 0.105. The van der Waals surface area contributed by atoms with Crippen molar-refractivity contribution < 1.29 is 23.2 Å². The van der Waals surface area contributed by atoms with Gasteiger partial charge in [-0.05, 0) is 63.9 Å². The number of imide groups is 1. The largest absolute Gasteiger partial charge is 0.341 e. The zero-order valence-corrected chi connectivity index (χ0v) is 23.9. The van der Waals surface area contributed by atoms with E-state index in [0.717, 1.165) is 56.6 Å². The molecule has 1 aliphatic carbocycles. The molecule has 4 heterocycles. The van der Waals surface area contributed by atoms with Crippen molar-refractivity contribution in [2.24, 2.45) is 11.3 Å². The van der Waals surface area contributed by atoms with Gasteiger partial charge in [0.25, 0.3) is 12.3 Å². The number of piperidine rings is 1. The Hall–Kier alpha value is -2.55. The molecule has 1 spiro atoms. The number of urea groups is 1. The number of nitrogens with zero attached hydrogens (tertiary/aromatic N) is 4. The Labute approximate surface area is 235 Å². The summed E-state index contributed by atoms with van der Waals surface area (Å²) < 4.78 is 26.7. The van der Waals surface area contributed by atoms with Crippen LogP contribution in [0.5, 0.6) is 0 Å². The summed E-state index contributed by atoms with van der Waals surface area (Å²) in [5.74, 6) is 0.346. The molecule has 4 amide bonds. The van der Waals surface area contributed by atoms with E-state index < -0.39 is 30.4 Å². The van der Waals surface area contributed by atoms with Crippen molar-refractivity contribution >= 4 is 17.8 Å². The first kappa shape index (κ1) is 27.6. The second-order valence-corrected chi connectivity index (χ2v) is 13.5. The summed E-state index contributed by atoms with van der Waals surface area (Å²) in [6.45, 7) is 7.28. The van der Waals surface area contributed by atoms with Crippen molar-refractivity contribution in [3.63, 3.8) is 0 Å². The van der Waals surface area contributed by atoms with Gasteiger partial charge >= 0.3 is 6.03 Å². The SMILES string of the molecule is CC(C)N1C(=O)N(CC(F)F)C(=O)C12CC1CCC(C2)N1C[C@H]1CN(C(=O)C2(C)CCC2)C[C@@H]1c1ccccc1. The van der Waals surface area contributed by atoms with Crippen LogP contribution < -0.4 is 0 Å². The van der Waals surface area contributed by atoms with Gasteiger partial charge in [-0.25, -0.2) is 13.6 Å². The van der Waals surface area contributed by atoms with E-state index in [-0.39, 0.29) is 41.3 Å². The molecular weight excluding hydrogens is 514 g/mol. The van der Waals surface area contributed by atoms with Crippen molar-refractivity contribution in [2.45, 2.75) is 102 Å². The highest BCUT2D eigenvalue weighted by Gasteiger charge is 2.64. The second-order valence-electron chi connectivity index (χ2n) is 13.5. The molecule has 7 nitrogen and oxygen atoms in total. The molecule has 4 aliphatic heterocycles. The van der Waals surface area contributed by atoms with Crippen molar-refractivity contribution in [1.29, 1.82) is 0 Å². The normalized spacial score (nSPS) is 33.6. The van der Waals surface area contributed by atoms with Crippen molar-refractivity contribution in [3.05, 3.63) is 35.9 Å². The molecule has 0 aromatic heterocycles. The molecule has 2 bridgehead atoms. The van der Waals surface area contributed by atoms with Crippen molar-refractivity contribution in [1.82, 2.24) is 19.6 Å². The summed E-state index contributed by atoms with van der Waals surface area (Å²) in [6.07, 6.45) is 3.11. The Morgan fingerprint density at radius 3 is 2.23 bits per heavy atom.